The maximum Gasteiger partial charge on any atom is 0.0121 e. The van der Waals surface area contributed by atoms with E-state index in [-0.39, 0.29) is 0 Å². The fourth-order valence-corrected chi connectivity index (χ4v) is 3.14. The zero-order chi connectivity index (χ0) is 13.0. The molecule has 0 radical (unpaired) electrons. The van der Waals surface area contributed by atoms with Gasteiger partial charge in [-0.1, -0.05) is 57.5 Å². The highest BCUT2D eigenvalue weighted by atomic mass is 15.0. The lowest BCUT2D eigenvalue weighted by Crippen LogP contribution is -2.44. The van der Waals surface area contributed by atoms with Gasteiger partial charge in [0.2, 0.25) is 0 Å². The second kappa shape index (κ2) is 5.88. The van der Waals surface area contributed by atoms with Crippen LogP contribution in [0.1, 0.15) is 52.0 Å². The van der Waals surface area contributed by atoms with Crippen molar-refractivity contribution in [3.05, 3.63) is 35.9 Å². The Balaban J connectivity index is 1.94. The zero-order valence-corrected chi connectivity index (χ0v) is 12.1. The first-order valence-corrected chi connectivity index (χ1v) is 7.42. The first kappa shape index (κ1) is 13.6. The molecule has 2 atom stereocenters. The molecule has 1 aromatic rings. The second-order valence-electron chi connectivity index (χ2n) is 6.39. The Kier molecular flexibility index (Phi) is 4.45. The Hall–Kier alpha value is -0.820. The molecule has 0 heterocycles. The van der Waals surface area contributed by atoms with Crippen molar-refractivity contribution in [3.63, 3.8) is 0 Å². The molecule has 1 aromatic carbocycles. The Morgan fingerprint density at radius 2 is 2.00 bits per heavy atom. The molecule has 0 aromatic heterocycles. The van der Waals surface area contributed by atoms with Gasteiger partial charge in [-0.15, -0.1) is 0 Å². The minimum atomic E-state index is 0.476. The summed E-state index contributed by atoms with van der Waals surface area (Å²) in [5.74, 6) is 0. The summed E-state index contributed by atoms with van der Waals surface area (Å²) in [6.45, 7) is 7.11. The molecule has 1 nitrogen and oxygen atoms in total. The minimum Gasteiger partial charge on any atom is -0.310 e. The van der Waals surface area contributed by atoms with E-state index in [0.29, 0.717) is 17.5 Å². The number of hydrogen-bond acceptors (Lipinski definition) is 1. The highest BCUT2D eigenvalue weighted by Crippen LogP contribution is 2.37. The van der Waals surface area contributed by atoms with Gasteiger partial charge in [-0.2, -0.15) is 0 Å². The Morgan fingerprint density at radius 3 is 2.56 bits per heavy atom. The Bertz CT molecular complexity index is 355. The fraction of sp³-hybridized carbons (Fsp3) is 0.647. The molecular formula is C17H27N. The van der Waals surface area contributed by atoms with Crippen LogP contribution in [0.15, 0.2) is 30.3 Å². The van der Waals surface area contributed by atoms with E-state index >= 15 is 0 Å². The number of nitrogens with one attached hydrogen (secondary N) is 1. The van der Waals surface area contributed by atoms with Crippen molar-refractivity contribution < 1.29 is 0 Å². The summed E-state index contributed by atoms with van der Waals surface area (Å²) in [4.78, 5) is 0. The summed E-state index contributed by atoms with van der Waals surface area (Å²) >= 11 is 0. The molecule has 0 aliphatic heterocycles. The van der Waals surface area contributed by atoms with Gasteiger partial charge in [-0.25, -0.2) is 0 Å². The minimum absolute atomic E-state index is 0.476. The van der Waals surface area contributed by atoms with E-state index in [1.807, 2.05) is 0 Å². The Labute approximate surface area is 112 Å². The summed E-state index contributed by atoms with van der Waals surface area (Å²) in [7, 11) is 0. The van der Waals surface area contributed by atoms with E-state index in [1.54, 1.807) is 0 Å². The third-order valence-electron chi connectivity index (χ3n) is 4.51. The van der Waals surface area contributed by atoms with Gasteiger partial charge in [0.15, 0.2) is 0 Å². The van der Waals surface area contributed by atoms with Gasteiger partial charge < -0.3 is 5.32 Å². The lowest BCUT2D eigenvalue weighted by atomic mass is 9.86. The molecule has 1 saturated carbocycles. The number of benzene rings is 1. The van der Waals surface area contributed by atoms with E-state index in [1.165, 1.54) is 31.2 Å². The topological polar surface area (TPSA) is 12.0 Å². The van der Waals surface area contributed by atoms with Gasteiger partial charge in [0.25, 0.3) is 0 Å². The van der Waals surface area contributed by atoms with Gasteiger partial charge in [0, 0.05) is 12.1 Å². The van der Waals surface area contributed by atoms with Crippen molar-refractivity contribution in [2.75, 3.05) is 0 Å². The smallest absolute Gasteiger partial charge is 0.0121 e. The standard InChI is InChI=1S/C17H27N/c1-4-15(13-14-9-6-5-7-10-14)18-16-11-8-12-17(16,2)3/h5-7,9-10,15-16,18H,4,8,11-13H2,1-3H3. The van der Waals surface area contributed by atoms with Crippen molar-refractivity contribution in [3.8, 4) is 0 Å². The van der Waals surface area contributed by atoms with Crippen LogP contribution in [-0.4, -0.2) is 12.1 Å². The van der Waals surface area contributed by atoms with Gasteiger partial charge >= 0.3 is 0 Å². The summed E-state index contributed by atoms with van der Waals surface area (Å²) in [6, 6.07) is 12.2. The molecule has 1 aliphatic carbocycles. The molecule has 0 bridgehead atoms. The maximum absolute atomic E-state index is 3.90. The van der Waals surface area contributed by atoms with Crippen LogP contribution in [0.25, 0.3) is 0 Å². The molecule has 0 saturated heterocycles. The van der Waals surface area contributed by atoms with Crippen molar-refractivity contribution >= 4 is 0 Å². The average Bonchev–Trinajstić information content (AvgIpc) is 2.69. The highest BCUT2D eigenvalue weighted by Gasteiger charge is 2.35. The van der Waals surface area contributed by atoms with Crippen LogP contribution < -0.4 is 5.32 Å². The van der Waals surface area contributed by atoms with Gasteiger partial charge in [-0.3, -0.25) is 0 Å². The van der Waals surface area contributed by atoms with E-state index in [2.05, 4.69) is 56.4 Å². The second-order valence-corrected chi connectivity index (χ2v) is 6.39. The summed E-state index contributed by atoms with van der Waals surface area (Å²) in [5.41, 5.74) is 1.93. The van der Waals surface area contributed by atoms with Gasteiger partial charge in [-0.05, 0) is 36.7 Å². The van der Waals surface area contributed by atoms with Crippen LogP contribution in [0.3, 0.4) is 0 Å². The molecule has 1 N–H and O–H groups in total. The molecule has 18 heavy (non-hydrogen) atoms. The molecule has 0 spiro atoms. The third-order valence-corrected chi connectivity index (χ3v) is 4.51. The molecule has 1 heteroatoms. The van der Waals surface area contributed by atoms with Crippen LogP contribution in [0, 0.1) is 5.41 Å². The molecule has 2 unspecified atom stereocenters. The van der Waals surface area contributed by atoms with Crippen LogP contribution in [0.2, 0.25) is 0 Å². The molecule has 1 fully saturated rings. The van der Waals surface area contributed by atoms with Crippen molar-refractivity contribution in [2.45, 2.75) is 65.0 Å². The average molecular weight is 245 g/mol. The van der Waals surface area contributed by atoms with E-state index in [4.69, 9.17) is 0 Å². The first-order valence-electron chi connectivity index (χ1n) is 7.42. The molecular weight excluding hydrogens is 218 g/mol. The van der Waals surface area contributed by atoms with Crippen LogP contribution in [0.4, 0.5) is 0 Å². The quantitative estimate of drug-likeness (QED) is 0.820. The van der Waals surface area contributed by atoms with E-state index in [0.717, 1.165) is 6.42 Å². The molecule has 1 aliphatic rings. The predicted octanol–water partition coefficient (Wildman–Crippen LogP) is 4.18. The van der Waals surface area contributed by atoms with Crippen LogP contribution in [-0.2, 0) is 6.42 Å². The van der Waals surface area contributed by atoms with E-state index < -0.39 is 0 Å². The molecule has 2 rings (SSSR count). The first-order chi connectivity index (χ1) is 8.62. The van der Waals surface area contributed by atoms with Crippen molar-refractivity contribution in [2.24, 2.45) is 5.41 Å². The van der Waals surface area contributed by atoms with Crippen molar-refractivity contribution in [1.82, 2.24) is 5.32 Å². The van der Waals surface area contributed by atoms with Crippen LogP contribution in [0.5, 0.6) is 0 Å². The summed E-state index contributed by atoms with van der Waals surface area (Å²) in [6.07, 6.45) is 6.46. The lowest BCUT2D eigenvalue weighted by Gasteiger charge is -2.32. The van der Waals surface area contributed by atoms with Crippen LogP contribution >= 0.6 is 0 Å². The largest absolute Gasteiger partial charge is 0.310 e. The van der Waals surface area contributed by atoms with E-state index in [9.17, 15) is 0 Å². The number of hydrogen-bond donors (Lipinski definition) is 1. The Morgan fingerprint density at radius 1 is 1.28 bits per heavy atom. The lowest BCUT2D eigenvalue weighted by molar-refractivity contribution is 0.257. The van der Waals surface area contributed by atoms with Crippen molar-refractivity contribution in [1.29, 1.82) is 0 Å². The molecule has 100 valence electrons. The SMILES string of the molecule is CCC(Cc1ccccc1)NC1CCCC1(C)C. The van der Waals surface area contributed by atoms with Gasteiger partial charge in [0.05, 0.1) is 0 Å². The summed E-state index contributed by atoms with van der Waals surface area (Å²) in [5, 5.41) is 3.90. The maximum atomic E-state index is 3.90. The highest BCUT2D eigenvalue weighted by molar-refractivity contribution is 5.16. The number of rotatable bonds is 5. The normalized spacial score (nSPS) is 24.1. The van der Waals surface area contributed by atoms with Gasteiger partial charge in [0.1, 0.15) is 0 Å². The zero-order valence-electron chi connectivity index (χ0n) is 12.1. The third kappa shape index (κ3) is 3.35. The summed E-state index contributed by atoms with van der Waals surface area (Å²) < 4.78 is 0. The fourth-order valence-electron chi connectivity index (χ4n) is 3.14. The predicted molar refractivity (Wildman–Crippen MR) is 78.8 cm³/mol. The molecule has 0 amide bonds. The monoisotopic (exact) mass is 245 g/mol.